The summed E-state index contributed by atoms with van der Waals surface area (Å²) in [6.45, 7) is 11.0. The van der Waals surface area contributed by atoms with Crippen LogP contribution in [0.25, 0.3) is 33.6 Å². The van der Waals surface area contributed by atoms with Crippen molar-refractivity contribution < 1.29 is 18.4 Å². The number of halogens is 2. The van der Waals surface area contributed by atoms with Gasteiger partial charge in [0.25, 0.3) is 0 Å². The van der Waals surface area contributed by atoms with Gasteiger partial charge in [-0.2, -0.15) is 0 Å². The Labute approximate surface area is 363 Å². The largest absolute Gasteiger partial charge is 0.340 e. The molecular weight excluding hydrogens is 783 g/mol. The standard InChI is InChI=1S/C50H56F2N8O2/c1-5-57(6-2)45(37-15-11-9-12-16-37)49(61)59-31-39(51)27-43(59)47-53-29-41(55-47)35-23-19-33(20-24-35)34-21-25-36(26-22-34)42-30-54-48(56-42)44-28-40(52)32-60(44)50(62)46(58(7-3)8-4)38-17-13-10-14-18-38/h9-26,29-30,39-40,43-46H,5-8,27-28,31-32H2,1-4H3,(H,53,55)(H,54,56)/t39-,40-,43-,44-,45+,46+/m0/s1. The van der Waals surface area contributed by atoms with Crippen LogP contribution in [0.1, 0.15) is 87.5 Å². The molecule has 0 bridgehead atoms. The second kappa shape index (κ2) is 19.0. The fraction of sp³-hybridized carbons (Fsp3) is 0.360. The molecule has 6 atom stereocenters. The van der Waals surface area contributed by atoms with E-state index in [2.05, 4.69) is 54.0 Å². The summed E-state index contributed by atoms with van der Waals surface area (Å²) in [6.07, 6.45) is 1.62. The van der Waals surface area contributed by atoms with Crippen molar-refractivity contribution >= 4 is 11.8 Å². The zero-order valence-electron chi connectivity index (χ0n) is 35.9. The molecule has 2 fully saturated rings. The molecule has 8 rings (SSSR count). The highest BCUT2D eigenvalue weighted by atomic mass is 19.1. The van der Waals surface area contributed by atoms with Crippen LogP contribution in [-0.2, 0) is 9.59 Å². The number of amides is 2. The Morgan fingerprint density at radius 3 is 1.24 bits per heavy atom. The lowest BCUT2D eigenvalue weighted by atomic mass is 10.0. The number of H-pyrrole nitrogens is 2. The fourth-order valence-corrected chi connectivity index (χ4v) is 9.35. The van der Waals surface area contributed by atoms with Crippen LogP contribution in [0, 0.1) is 0 Å². The van der Waals surface area contributed by atoms with Crippen LogP contribution in [0.3, 0.4) is 0 Å². The second-order valence-corrected chi connectivity index (χ2v) is 16.3. The predicted molar refractivity (Wildman–Crippen MR) is 239 cm³/mol. The van der Waals surface area contributed by atoms with Gasteiger partial charge in [-0.1, -0.05) is 137 Å². The third-order valence-corrected chi connectivity index (χ3v) is 12.7. The lowest BCUT2D eigenvalue weighted by Gasteiger charge is -2.34. The van der Waals surface area contributed by atoms with Crippen LogP contribution in [0.4, 0.5) is 8.78 Å². The number of hydrogen-bond acceptors (Lipinski definition) is 6. The quantitative estimate of drug-likeness (QED) is 0.107. The van der Waals surface area contributed by atoms with Crippen LogP contribution in [0.5, 0.6) is 0 Å². The summed E-state index contributed by atoms with van der Waals surface area (Å²) in [5.74, 6) is 0.928. The molecule has 10 nitrogen and oxygen atoms in total. The van der Waals surface area contributed by atoms with E-state index in [1.54, 1.807) is 22.2 Å². The first kappa shape index (κ1) is 42.7. The zero-order chi connectivity index (χ0) is 43.3. The van der Waals surface area contributed by atoms with Crippen LogP contribution in [-0.4, -0.2) is 103 Å². The molecule has 2 saturated heterocycles. The number of likely N-dealkylation sites (N-methyl/N-ethyl adjacent to an activating group) is 2. The van der Waals surface area contributed by atoms with E-state index in [1.165, 1.54) is 0 Å². The van der Waals surface area contributed by atoms with Gasteiger partial charge in [-0.05, 0) is 59.6 Å². The van der Waals surface area contributed by atoms with Gasteiger partial charge in [-0.15, -0.1) is 0 Å². The number of carbonyl (C=O) groups is 2. The number of nitrogens with one attached hydrogen (secondary N) is 2. The Morgan fingerprint density at radius 2 is 0.903 bits per heavy atom. The van der Waals surface area contributed by atoms with E-state index < -0.39 is 36.5 Å². The van der Waals surface area contributed by atoms with E-state index in [1.807, 2.05) is 113 Å². The van der Waals surface area contributed by atoms with Gasteiger partial charge in [0.05, 0.1) is 49.0 Å². The minimum Gasteiger partial charge on any atom is -0.340 e. The van der Waals surface area contributed by atoms with Gasteiger partial charge in [0.15, 0.2) is 0 Å². The molecule has 2 aliphatic heterocycles. The Morgan fingerprint density at radius 1 is 0.565 bits per heavy atom. The number of rotatable bonds is 15. The smallest absolute Gasteiger partial charge is 0.245 e. The number of aromatic amines is 2. The van der Waals surface area contributed by atoms with Crippen molar-refractivity contribution in [2.45, 2.75) is 77.0 Å². The number of aromatic nitrogens is 4. The average Bonchev–Trinajstić information content (AvgIpc) is 4.15. The van der Waals surface area contributed by atoms with Crippen LogP contribution in [0.2, 0.25) is 0 Å². The number of imidazole rings is 2. The maximum atomic E-state index is 15.1. The normalized spacial score (nSPS) is 20.0. The highest BCUT2D eigenvalue weighted by Gasteiger charge is 2.43. The molecule has 0 unspecified atom stereocenters. The lowest BCUT2D eigenvalue weighted by molar-refractivity contribution is -0.139. The predicted octanol–water partition coefficient (Wildman–Crippen LogP) is 9.52. The first-order chi connectivity index (χ1) is 30.2. The number of alkyl halides is 2. The maximum Gasteiger partial charge on any atom is 0.245 e. The second-order valence-electron chi connectivity index (χ2n) is 16.3. The van der Waals surface area contributed by atoms with E-state index in [9.17, 15) is 9.59 Å². The van der Waals surface area contributed by atoms with Crippen molar-refractivity contribution in [2.75, 3.05) is 39.3 Å². The van der Waals surface area contributed by atoms with Crippen molar-refractivity contribution in [2.24, 2.45) is 0 Å². The molecule has 4 heterocycles. The summed E-state index contributed by atoms with van der Waals surface area (Å²) in [5.41, 5.74) is 7.28. The van der Waals surface area contributed by atoms with E-state index in [0.717, 1.165) is 44.8 Å². The Bertz CT molecular complexity index is 2230. The monoisotopic (exact) mass is 838 g/mol. The first-order valence-corrected chi connectivity index (χ1v) is 22.0. The third-order valence-electron chi connectivity index (χ3n) is 12.7. The molecule has 2 aromatic heterocycles. The van der Waals surface area contributed by atoms with E-state index in [4.69, 9.17) is 0 Å². The molecule has 0 saturated carbocycles. The SMILES string of the molecule is CCN(CC)[C@@H](C(=O)N1C[C@@H](F)C[C@H]1c1ncc(-c2ccc(-c3ccc(-c4cnc([C@@H]5C[C@H](F)CN5C(=O)[C@@H](c5ccccc5)N(CC)CC)[nH]4)cc3)cc2)[nH]1)c1ccccc1. The Kier molecular flexibility index (Phi) is 13.1. The molecule has 322 valence electrons. The lowest BCUT2D eigenvalue weighted by Crippen LogP contribution is -2.43. The zero-order valence-corrected chi connectivity index (χ0v) is 35.9. The summed E-state index contributed by atoms with van der Waals surface area (Å²) in [4.78, 5) is 52.2. The van der Waals surface area contributed by atoms with Crippen molar-refractivity contribution in [3.8, 4) is 33.6 Å². The molecule has 2 aliphatic rings. The number of carbonyl (C=O) groups excluding carboxylic acids is 2. The van der Waals surface area contributed by atoms with E-state index in [0.29, 0.717) is 37.8 Å². The summed E-state index contributed by atoms with van der Waals surface area (Å²) < 4.78 is 30.2. The van der Waals surface area contributed by atoms with Crippen LogP contribution >= 0.6 is 0 Å². The average molecular weight is 839 g/mol. The minimum atomic E-state index is -1.14. The van der Waals surface area contributed by atoms with Gasteiger partial charge in [-0.25, -0.2) is 18.7 Å². The van der Waals surface area contributed by atoms with Crippen LogP contribution in [0.15, 0.2) is 122 Å². The first-order valence-electron chi connectivity index (χ1n) is 22.0. The molecule has 62 heavy (non-hydrogen) atoms. The third kappa shape index (κ3) is 8.71. The minimum absolute atomic E-state index is 0.0334. The highest BCUT2D eigenvalue weighted by Crippen LogP contribution is 2.39. The molecule has 0 radical (unpaired) electrons. The molecule has 0 aliphatic carbocycles. The fourth-order valence-electron chi connectivity index (χ4n) is 9.35. The van der Waals surface area contributed by atoms with Crippen molar-refractivity contribution in [1.82, 2.24) is 39.5 Å². The molecular formula is C50H56F2N8O2. The molecule has 2 amide bonds. The van der Waals surface area contributed by atoms with E-state index >= 15 is 8.78 Å². The van der Waals surface area contributed by atoms with Gasteiger partial charge in [0.1, 0.15) is 36.1 Å². The number of benzene rings is 4. The highest BCUT2D eigenvalue weighted by molar-refractivity contribution is 5.85. The summed E-state index contributed by atoms with van der Waals surface area (Å²) in [5, 5.41) is 0. The molecule has 0 spiro atoms. The Hall–Kier alpha value is -5.98. The molecule has 4 aromatic carbocycles. The summed E-state index contributed by atoms with van der Waals surface area (Å²) in [6, 6.07) is 33.8. The molecule has 6 aromatic rings. The number of likely N-dealkylation sites (tertiary alicyclic amines) is 2. The van der Waals surface area contributed by atoms with Gasteiger partial charge in [-0.3, -0.25) is 19.4 Å². The van der Waals surface area contributed by atoms with Gasteiger partial charge < -0.3 is 19.8 Å². The van der Waals surface area contributed by atoms with Crippen molar-refractivity contribution in [3.05, 3.63) is 144 Å². The van der Waals surface area contributed by atoms with E-state index in [-0.39, 0.29) is 37.7 Å². The van der Waals surface area contributed by atoms with Gasteiger partial charge in [0.2, 0.25) is 11.8 Å². The number of nitrogens with zero attached hydrogens (tertiary/aromatic N) is 6. The van der Waals surface area contributed by atoms with Gasteiger partial charge >= 0.3 is 0 Å². The Balaban J connectivity index is 0.952. The van der Waals surface area contributed by atoms with Crippen molar-refractivity contribution in [1.29, 1.82) is 0 Å². The molecule has 2 N–H and O–H groups in total. The maximum absolute atomic E-state index is 15.1. The summed E-state index contributed by atoms with van der Waals surface area (Å²) >= 11 is 0. The van der Waals surface area contributed by atoms with Crippen LogP contribution < -0.4 is 0 Å². The molecule has 12 heteroatoms. The topological polar surface area (TPSA) is 104 Å². The number of hydrogen-bond donors (Lipinski definition) is 2. The summed E-state index contributed by atoms with van der Waals surface area (Å²) in [7, 11) is 0. The van der Waals surface area contributed by atoms with Gasteiger partial charge in [0, 0.05) is 12.8 Å². The van der Waals surface area contributed by atoms with Crippen molar-refractivity contribution in [3.63, 3.8) is 0 Å².